The second kappa shape index (κ2) is 4.83. The first-order valence-electron chi connectivity index (χ1n) is 5.13. The molecule has 0 saturated heterocycles. The van der Waals surface area contributed by atoms with Crippen molar-refractivity contribution in [2.24, 2.45) is 5.41 Å². The second-order valence-electron chi connectivity index (χ2n) is 4.84. The van der Waals surface area contributed by atoms with E-state index in [1.54, 1.807) is 6.07 Å². The zero-order valence-electron chi connectivity index (χ0n) is 10.1. The largest absolute Gasteiger partial charge is 0.504 e. The predicted molar refractivity (Wildman–Crippen MR) is 64.3 cm³/mol. The van der Waals surface area contributed by atoms with Crippen molar-refractivity contribution in [2.45, 2.75) is 20.8 Å². The van der Waals surface area contributed by atoms with Gasteiger partial charge in [-0.3, -0.25) is 10.1 Å². The van der Waals surface area contributed by atoms with Gasteiger partial charge in [-0.2, -0.15) is 0 Å². The van der Waals surface area contributed by atoms with Crippen LogP contribution in [-0.4, -0.2) is 11.5 Å². The fraction of sp³-hybridized carbons (Fsp3) is 0.417. The molecular formula is C12H14N2O3. The van der Waals surface area contributed by atoms with Crippen molar-refractivity contribution in [3.05, 3.63) is 39.7 Å². The van der Waals surface area contributed by atoms with E-state index < -0.39 is 4.92 Å². The molecule has 0 heterocycles. The van der Waals surface area contributed by atoms with Gasteiger partial charge in [0.05, 0.1) is 18.1 Å². The molecule has 1 aromatic rings. The monoisotopic (exact) mass is 234 g/mol. The van der Waals surface area contributed by atoms with Gasteiger partial charge in [0.1, 0.15) is 5.75 Å². The Bertz CT molecular complexity index is 470. The summed E-state index contributed by atoms with van der Waals surface area (Å²) in [5.74, 6) is 0.268. The molecule has 0 aliphatic rings. The molecule has 0 unspecified atom stereocenters. The van der Waals surface area contributed by atoms with Crippen molar-refractivity contribution in [2.75, 3.05) is 6.61 Å². The summed E-state index contributed by atoms with van der Waals surface area (Å²) in [6.07, 6.45) is 0. The average molecular weight is 234 g/mol. The van der Waals surface area contributed by atoms with Gasteiger partial charge in [-0.05, 0) is 11.5 Å². The standard InChI is InChI=1S/C12H14N2O3/c1-12(2,3)8-17-10-7-5-6-9(14(15)16)11(10)13-4/h5-7H,8H2,1-3H3. The highest BCUT2D eigenvalue weighted by Crippen LogP contribution is 2.37. The van der Waals surface area contributed by atoms with E-state index in [0.29, 0.717) is 6.61 Å². The predicted octanol–water partition coefficient (Wildman–Crippen LogP) is 3.57. The van der Waals surface area contributed by atoms with Crippen molar-refractivity contribution in [1.82, 2.24) is 0 Å². The third-order valence-electron chi connectivity index (χ3n) is 1.95. The van der Waals surface area contributed by atoms with Crippen molar-refractivity contribution in [3.8, 4) is 5.75 Å². The van der Waals surface area contributed by atoms with Gasteiger partial charge in [0.15, 0.2) is 0 Å². The molecule has 5 nitrogen and oxygen atoms in total. The second-order valence-corrected chi connectivity index (χ2v) is 4.84. The zero-order valence-corrected chi connectivity index (χ0v) is 10.1. The van der Waals surface area contributed by atoms with Crippen LogP contribution in [0.1, 0.15) is 20.8 Å². The van der Waals surface area contributed by atoms with Crippen LogP contribution in [0.3, 0.4) is 0 Å². The zero-order chi connectivity index (χ0) is 13.1. The summed E-state index contributed by atoms with van der Waals surface area (Å²) in [5.41, 5.74) is -0.322. The molecule has 0 fully saturated rings. The van der Waals surface area contributed by atoms with E-state index in [1.807, 2.05) is 20.8 Å². The van der Waals surface area contributed by atoms with Crippen molar-refractivity contribution < 1.29 is 9.66 Å². The number of nitrogens with zero attached hydrogens (tertiary/aromatic N) is 2. The molecule has 0 aliphatic carbocycles. The van der Waals surface area contributed by atoms with Crippen LogP contribution in [0.25, 0.3) is 4.85 Å². The summed E-state index contributed by atoms with van der Waals surface area (Å²) < 4.78 is 5.47. The SMILES string of the molecule is [C-]#[N+]c1c(OCC(C)(C)C)cccc1[N+](=O)[O-]. The van der Waals surface area contributed by atoms with Crippen LogP contribution in [0, 0.1) is 22.1 Å². The normalized spacial score (nSPS) is 10.7. The van der Waals surface area contributed by atoms with Gasteiger partial charge < -0.3 is 4.74 Å². The highest BCUT2D eigenvalue weighted by atomic mass is 16.6. The molecule has 0 aliphatic heterocycles. The first-order valence-corrected chi connectivity index (χ1v) is 5.13. The molecule has 0 radical (unpaired) electrons. The lowest BCUT2D eigenvalue weighted by Crippen LogP contribution is -2.16. The Morgan fingerprint density at radius 2 is 2.12 bits per heavy atom. The fourth-order valence-electron chi connectivity index (χ4n) is 1.18. The molecule has 0 bridgehead atoms. The highest BCUT2D eigenvalue weighted by molar-refractivity contribution is 5.70. The minimum Gasteiger partial charge on any atom is -0.504 e. The Balaban J connectivity index is 3.05. The van der Waals surface area contributed by atoms with E-state index in [9.17, 15) is 10.1 Å². The topological polar surface area (TPSA) is 56.7 Å². The van der Waals surface area contributed by atoms with E-state index >= 15 is 0 Å². The van der Waals surface area contributed by atoms with Gasteiger partial charge in [-0.15, -0.1) is 0 Å². The molecule has 17 heavy (non-hydrogen) atoms. The fourth-order valence-corrected chi connectivity index (χ4v) is 1.18. The third-order valence-corrected chi connectivity index (χ3v) is 1.95. The van der Waals surface area contributed by atoms with E-state index in [0.717, 1.165) is 0 Å². The minimum atomic E-state index is -0.572. The van der Waals surface area contributed by atoms with Gasteiger partial charge in [0, 0.05) is 6.07 Å². The number of para-hydroxylation sites is 1. The Kier molecular flexibility index (Phi) is 3.69. The van der Waals surface area contributed by atoms with Gasteiger partial charge >= 0.3 is 5.69 Å². The van der Waals surface area contributed by atoms with Crippen LogP contribution in [0.4, 0.5) is 11.4 Å². The van der Waals surface area contributed by atoms with Crippen molar-refractivity contribution in [1.29, 1.82) is 0 Å². The summed E-state index contributed by atoms with van der Waals surface area (Å²) in [6, 6.07) is 4.40. The van der Waals surface area contributed by atoms with Crippen molar-refractivity contribution in [3.63, 3.8) is 0 Å². The summed E-state index contributed by atoms with van der Waals surface area (Å²) in [6.45, 7) is 13.4. The summed E-state index contributed by atoms with van der Waals surface area (Å²) >= 11 is 0. The molecule has 0 aromatic heterocycles. The third kappa shape index (κ3) is 3.45. The molecule has 90 valence electrons. The van der Waals surface area contributed by atoms with Gasteiger partial charge in [-0.25, -0.2) is 4.85 Å². The molecule has 0 N–H and O–H groups in total. The van der Waals surface area contributed by atoms with Crippen LogP contribution in [-0.2, 0) is 0 Å². The lowest BCUT2D eigenvalue weighted by Gasteiger charge is -2.19. The van der Waals surface area contributed by atoms with E-state index in [2.05, 4.69) is 4.85 Å². The van der Waals surface area contributed by atoms with Crippen LogP contribution in [0.15, 0.2) is 18.2 Å². The number of nitro groups is 1. The number of hydrogen-bond acceptors (Lipinski definition) is 3. The first kappa shape index (κ1) is 13.0. The van der Waals surface area contributed by atoms with Crippen LogP contribution >= 0.6 is 0 Å². The number of hydrogen-bond donors (Lipinski definition) is 0. The number of nitro benzene ring substituents is 1. The minimum absolute atomic E-state index is 0.0400. The first-order chi connectivity index (χ1) is 7.85. The maximum absolute atomic E-state index is 10.7. The Morgan fingerprint density at radius 3 is 2.59 bits per heavy atom. The molecule has 0 spiro atoms. The number of benzene rings is 1. The molecular weight excluding hydrogens is 220 g/mol. The van der Waals surface area contributed by atoms with Gasteiger partial charge in [-0.1, -0.05) is 26.8 Å². The van der Waals surface area contributed by atoms with E-state index in [1.165, 1.54) is 12.1 Å². The van der Waals surface area contributed by atoms with Crippen LogP contribution in [0.2, 0.25) is 0 Å². The molecule has 0 saturated carbocycles. The van der Waals surface area contributed by atoms with Crippen LogP contribution < -0.4 is 4.74 Å². The Labute approximate surface area is 100.0 Å². The Hall–Kier alpha value is -2.09. The summed E-state index contributed by atoms with van der Waals surface area (Å²) in [5, 5.41) is 10.7. The number of rotatable bonds is 3. The molecule has 5 heteroatoms. The maximum atomic E-state index is 10.7. The lowest BCUT2D eigenvalue weighted by molar-refractivity contribution is -0.383. The van der Waals surface area contributed by atoms with Crippen LogP contribution in [0.5, 0.6) is 5.75 Å². The summed E-state index contributed by atoms with van der Waals surface area (Å²) in [4.78, 5) is 13.3. The molecule has 1 aromatic carbocycles. The highest BCUT2D eigenvalue weighted by Gasteiger charge is 2.20. The smallest absolute Gasteiger partial charge is 0.303 e. The quantitative estimate of drug-likeness (QED) is 0.456. The van der Waals surface area contributed by atoms with Gasteiger partial charge in [0.2, 0.25) is 0 Å². The van der Waals surface area contributed by atoms with Crippen molar-refractivity contribution >= 4 is 11.4 Å². The summed E-state index contributed by atoms with van der Waals surface area (Å²) in [7, 11) is 0. The molecule has 0 amide bonds. The molecule has 1 rings (SSSR count). The lowest BCUT2D eigenvalue weighted by atomic mass is 9.99. The number of ether oxygens (including phenoxy) is 1. The van der Waals surface area contributed by atoms with E-state index in [-0.39, 0.29) is 22.5 Å². The van der Waals surface area contributed by atoms with E-state index in [4.69, 9.17) is 11.3 Å². The Morgan fingerprint density at radius 1 is 1.47 bits per heavy atom. The van der Waals surface area contributed by atoms with Gasteiger partial charge in [0.25, 0.3) is 5.69 Å². The molecule has 0 atom stereocenters. The maximum Gasteiger partial charge on any atom is 0.303 e. The average Bonchev–Trinajstić information content (AvgIpc) is 2.24.